The molecule has 5 heteroatoms. The van der Waals surface area contributed by atoms with Crippen molar-refractivity contribution in [1.29, 1.82) is 0 Å². The van der Waals surface area contributed by atoms with E-state index in [2.05, 4.69) is 10.5 Å². The Morgan fingerprint density at radius 2 is 2.38 bits per heavy atom. The maximum atomic E-state index is 11.3. The molecule has 1 unspecified atom stereocenters. The zero-order valence-corrected chi connectivity index (χ0v) is 4.13. The molecule has 0 fully saturated rings. The van der Waals surface area contributed by atoms with Gasteiger partial charge in [0.1, 0.15) is 6.67 Å². The van der Waals surface area contributed by atoms with Crippen molar-refractivity contribution in [3.63, 3.8) is 0 Å². The van der Waals surface area contributed by atoms with Crippen LogP contribution in [0.15, 0.2) is 0 Å². The summed E-state index contributed by atoms with van der Waals surface area (Å²) in [5.41, 5.74) is 9.24. The first-order valence-corrected chi connectivity index (χ1v) is 1.94. The average Bonchev–Trinajstić information content (AvgIpc) is 1.65. The summed E-state index contributed by atoms with van der Waals surface area (Å²) in [5, 5.41) is 0. The minimum Gasteiger partial charge on any atom is -0.428 e. The lowest BCUT2D eigenvalue weighted by Crippen LogP contribution is -2.31. The molecule has 0 saturated heterocycles. The first-order chi connectivity index (χ1) is 3.66. The first-order valence-electron chi connectivity index (χ1n) is 1.94. The van der Waals surface area contributed by atoms with Gasteiger partial charge in [-0.15, -0.1) is 0 Å². The van der Waals surface area contributed by atoms with Crippen molar-refractivity contribution in [3.05, 3.63) is 0 Å². The molecule has 48 valence electrons. The Kier molecular flexibility index (Phi) is 2.86. The van der Waals surface area contributed by atoms with Gasteiger partial charge in [0.05, 0.1) is 0 Å². The highest BCUT2D eigenvalue weighted by atomic mass is 19.1. The molecule has 0 spiro atoms. The van der Waals surface area contributed by atoms with E-state index in [4.69, 9.17) is 5.73 Å². The molecule has 0 aliphatic rings. The summed E-state index contributed by atoms with van der Waals surface area (Å²) >= 11 is 0. The average molecular weight is 122 g/mol. The molecule has 0 bridgehead atoms. The molecule has 8 heavy (non-hydrogen) atoms. The van der Waals surface area contributed by atoms with E-state index in [1.54, 1.807) is 0 Å². The van der Waals surface area contributed by atoms with Gasteiger partial charge < -0.3 is 10.5 Å². The summed E-state index contributed by atoms with van der Waals surface area (Å²) in [5.74, 6) is 0. The minimum atomic E-state index is -1.22. The number of rotatable bonds is 2. The van der Waals surface area contributed by atoms with Crippen molar-refractivity contribution >= 4 is 6.09 Å². The van der Waals surface area contributed by atoms with Crippen LogP contribution in [0, 0.1) is 0 Å². The van der Waals surface area contributed by atoms with Crippen molar-refractivity contribution in [2.24, 2.45) is 11.5 Å². The van der Waals surface area contributed by atoms with Crippen LogP contribution in [0.3, 0.4) is 0 Å². The Hall–Kier alpha value is -0.840. The number of carbonyl (C=O) groups excluding carboxylic acids is 1. The Bertz CT molecular complexity index is 87.4. The van der Waals surface area contributed by atoms with Gasteiger partial charge in [0.15, 0.2) is 6.23 Å². The van der Waals surface area contributed by atoms with E-state index in [9.17, 15) is 9.18 Å². The number of hydrogen-bond donors (Lipinski definition) is 2. The summed E-state index contributed by atoms with van der Waals surface area (Å²) in [4.78, 5) is 9.72. The van der Waals surface area contributed by atoms with Crippen molar-refractivity contribution in [2.45, 2.75) is 6.23 Å². The lowest BCUT2D eigenvalue weighted by molar-refractivity contribution is 0.0931. The number of halogens is 1. The fourth-order valence-electron chi connectivity index (χ4n) is 0.181. The summed E-state index contributed by atoms with van der Waals surface area (Å²) in [6.45, 7) is -0.914. The number of alkyl halides is 1. The van der Waals surface area contributed by atoms with Crippen molar-refractivity contribution in [3.8, 4) is 0 Å². The van der Waals surface area contributed by atoms with E-state index in [0.717, 1.165) is 0 Å². The second-order valence-corrected chi connectivity index (χ2v) is 1.13. The van der Waals surface area contributed by atoms with Gasteiger partial charge >= 0.3 is 6.09 Å². The topological polar surface area (TPSA) is 78.3 Å². The summed E-state index contributed by atoms with van der Waals surface area (Å²) < 4.78 is 15.2. The molecule has 0 heterocycles. The third-order valence-corrected chi connectivity index (χ3v) is 0.420. The van der Waals surface area contributed by atoms with Crippen molar-refractivity contribution in [2.75, 3.05) is 6.67 Å². The number of amides is 1. The molecule has 0 aliphatic carbocycles. The van der Waals surface area contributed by atoms with Crippen LogP contribution in [0.5, 0.6) is 0 Å². The Morgan fingerprint density at radius 3 is 2.50 bits per heavy atom. The highest BCUT2D eigenvalue weighted by Crippen LogP contribution is 1.81. The molecule has 4 N–H and O–H groups in total. The highest BCUT2D eigenvalue weighted by Gasteiger charge is 2.02. The van der Waals surface area contributed by atoms with Crippen LogP contribution in [-0.2, 0) is 4.74 Å². The number of hydrogen-bond acceptors (Lipinski definition) is 3. The first kappa shape index (κ1) is 7.16. The summed E-state index contributed by atoms with van der Waals surface area (Å²) in [7, 11) is 0. The highest BCUT2D eigenvalue weighted by molar-refractivity contribution is 5.64. The van der Waals surface area contributed by atoms with Gasteiger partial charge in [0.2, 0.25) is 0 Å². The maximum absolute atomic E-state index is 11.3. The predicted molar refractivity (Wildman–Crippen MR) is 24.6 cm³/mol. The van der Waals surface area contributed by atoms with E-state index >= 15 is 0 Å². The Balaban J connectivity index is 3.24. The van der Waals surface area contributed by atoms with Crippen LogP contribution in [0.2, 0.25) is 0 Å². The summed E-state index contributed by atoms with van der Waals surface area (Å²) in [6.07, 6.45) is -2.28. The molecule has 1 atom stereocenters. The largest absolute Gasteiger partial charge is 0.428 e. The molecular formula is C3H7FN2O2. The lowest BCUT2D eigenvalue weighted by Gasteiger charge is -2.04. The van der Waals surface area contributed by atoms with Crippen LogP contribution in [0.1, 0.15) is 0 Å². The molecule has 0 aromatic carbocycles. The maximum Gasteiger partial charge on any atom is 0.406 e. The van der Waals surface area contributed by atoms with Crippen molar-refractivity contribution < 1.29 is 13.9 Å². The molecule has 0 rings (SSSR count). The third-order valence-electron chi connectivity index (χ3n) is 0.420. The molecule has 1 amide bonds. The van der Waals surface area contributed by atoms with Gasteiger partial charge in [-0.1, -0.05) is 0 Å². The molecule has 0 aromatic rings. The van der Waals surface area contributed by atoms with Crippen molar-refractivity contribution in [1.82, 2.24) is 0 Å². The molecule has 0 radical (unpaired) electrons. The number of primary amides is 1. The quantitative estimate of drug-likeness (QED) is 0.477. The monoisotopic (exact) mass is 122 g/mol. The van der Waals surface area contributed by atoms with Gasteiger partial charge in [0.25, 0.3) is 0 Å². The molecule has 0 aliphatic heterocycles. The van der Waals surface area contributed by atoms with Gasteiger partial charge in [-0.3, -0.25) is 5.73 Å². The van der Waals surface area contributed by atoms with Crippen LogP contribution < -0.4 is 11.5 Å². The smallest absolute Gasteiger partial charge is 0.406 e. The van der Waals surface area contributed by atoms with Crippen LogP contribution in [0.4, 0.5) is 9.18 Å². The van der Waals surface area contributed by atoms with E-state index in [0.29, 0.717) is 0 Å². The van der Waals surface area contributed by atoms with E-state index in [1.807, 2.05) is 0 Å². The van der Waals surface area contributed by atoms with E-state index in [-0.39, 0.29) is 0 Å². The Labute approximate surface area is 45.6 Å². The second kappa shape index (κ2) is 3.20. The minimum absolute atomic E-state index is 0.914. The van der Waals surface area contributed by atoms with Crippen LogP contribution in [-0.4, -0.2) is 19.0 Å². The van der Waals surface area contributed by atoms with Gasteiger partial charge in [-0.2, -0.15) is 0 Å². The standard InChI is InChI=1S/C3H7FN2O2/c4-1-2(5)8-3(6)7/h2H,1,5H2,(H2,6,7). The zero-order valence-electron chi connectivity index (χ0n) is 4.13. The third kappa shape index (κ3) is 3.35. The molecule has 0 aromatic heterocycles. The molecule has 0 saturated carbocycles. The van der Waals surface area contributed by atoms with Gasteiger partial charge in [0, 0.05) is 0 Å². The Morgan fingerprint density at radius 1 is 1.88 bits per heavy atom. The van der Waals surface area contributed by atoms with Gasteiger partial charge in [-0.05, 0) is 0 Å². The number of nitrogens with two attached hydrogens (primary N) is 2. The molecular weight excluding hydrogens is 115 g/mol. The SMILES string of the molecule is NC(=O)OC(N)CF. The lowest BCUT2D eigenvalue weighted by atomic mass is 10.7. The predicted octanol–water partition coefficient (Wildman–Crippen LogP) is -0.664. The van der Waals surface area contributed by atoms with Crippen LogP contribution >= 0.6 is 0 Å². The number of ether oxygens (including phenoxy) is 1. The summed E-state index contributed by atoms with van der Waals surface area (Å²) in [6, 6.07) is 0. The van der Waals surface area contributed by atoms with E-state index in [1.165, 1.54) is 0 Å². The zero-order chi connectivity index (χ0) is 6.57. The number of carbonyl (C=O) groups is 1. The fraction of sp³-hybridized carbons (Fsp3) is 0.667. The fourth-order valence-corrected chi connectivity index (χ4v) is 0.181. The second-order valence-electron chi connectivity index (χ2n) is 1.13. The van der Waals surface area contributed by atoms with Gasteiger partial charge in [-0.25, -0.2) is 9.18 Å². The normalized spacial score (nSPS) is 12.8. The molecule has 4 nitrogen and oxygen atoms in total. The van der Waals surface area contributed by atoms with Crippen LogP contribution in [0.25, 0.3) is 0 Å². The van der Waals surface area contributed by atoms with E-state index < -0.39 is 19.0 Å².